The minimum absolute atomic E-state index is 0.0778. The molecule has 0 saturated heterocycles. The molecule has 0 aliphatic carbocycles. The van der Waals surface area contributed by atoms with Crippen molar-refractivity contribution < 1.29 is 4.79 Å². The Kier molecular flexibility index (Phi) is 5.64. The van der Waals surface area contributed by atoms with Gasteiger partial charge in [0.2, 0.25) is 5.91 Å². The third-order valence-electron chi connectivity index (χ3n) is 3.95. The van der Waals surface area contributed by atoms with Crippen molar-refractivity contribution in [1.29, 1.82) is 0 Å². The van der Waals surface area contributed by atoms with Crippen molar-refractivity contribution in [1.82, 2.24) is 14.8 Å². The fourth-order valence-corrected chi connectivity index (χ4v) is 3.44. The first kappa shape index (κ1) is 18.5. The monoisotopic (exact) mass is 386 g/mol. The topological polar surface area (TPSA) is 59.8 Å². The molecule has 3 rings (SSSR count). The summed E-state index contributed by atoms with van der Waals surface area (Å²) in [5.41, 5.74) is 3.80. The summed E-state index contributed by atoms with van der Waals surface area (Å²) in [5, 5.41) is 12.6. The van der Waals surface area contributed by atoms with Crippen LogP contribution in [0.2, 0.25) is 5.02 Å². The molecule has 1 amide bonds. The molecular weight excluding hydrogens is 368 g/mol. The first-order valence-corrected chi connectivity index (χ1v) is 9.46. The number of hydrogen-bond donors (Lipinski definition) is 1. The number of halogens is 1. The summed E-state index contributed by atoms with van der Waals surface area (Å²) >= 11 is 7.57. The molecule has 5 nitrogen and oxygen atoms in total. The summed E-state index contributed by atoms with van der Waals surface area (Å²) in [6.45, 7) is 3.97. The molecule has 3 aromatic rings. The Balaban J connectivity index is 1.68. The number of benzene rings is 2. The largest absolute Gasteiger partial charge is 0.325 e. The Morgan fingerprint density at radius 1 is 1.19 bits per heavy atom. The third kappa shape index (κ3) is 4.08. The number of aryl methyl sites for hydroxylation is 2. The number of amides is 1. The first-order chi connectivity index (χ1) is 12.5. The van der Waals surface area contributed by atoms with Crippen molar-refractivity contribution in [3.8, 4) is 11.4 Å². The molecule has 0 unspecified atom stereocenters. The third-order valence-corrected chi connectivity index (χ3v) is 5.30. The molecule has 26 heavy (non-hydrogen) atoms. The Morgan fingerprint density at radius 2 is 1.96 bits per heavy atom. The van der Waals surface area contributed by atoms with Gasteiger partial charge in [-0.2, -0.15) is 0 Å². The highest BCUT2D eigenvalue weighted by Gasteiger charge is 2.15. The maximum absolute atomic E-state index is 12.3. The highest BCUT2D eigenvalue weighted by atomic mass is 35.5. The number of carbonyl (C=O) groups excluding carboxylic acids is 1. The zero-order valence-corrected chi connectivity index (χ0v) is 16.4. The molecule has 1 aromatic heterocycles. The fourth-order valence-electron chi connectivity index (χ4n) is 2.50. The summed E-state index contributed by atoms with van der Waals surface area (Å²) in [4.78, 5) is 12.3. The van der Waals surface area contributed by atoms with Crippen molar-refractivity contribution in [2.75, 3.05) is 11.1 Å². The van der Waals surface area contributed by atoms with E-state index in [4.69, 9.17) is 11.6 Å². The van der Waals surface area contributed by atoms with Crippen molar-refractivity contribution in [2.24, 2.45) is 7.05 Å². The van der Waals surface area contributed by atoms with Gasteiger partial charge in [0.1, 0.15) is 0 Å². The van der Waals surface area contributed by atoms with E-state index in [0.29, 0.717) is 16.0 Å². The molecule has 0 fully saturated rings. The minimum Gasteiger partial charge on any atom is -0.325 e. The van der Waals surface area contributed by atoms with Crippen molar-refractivity contribution in [3.63, 3.8) is 0 Å². The molecule has 7 heteroatoms. The Bertz CT molecular complexity index is 954. The molecule has 0 bridgehead atoms. The van der Waals surface area contributed by atoms with Gasteiger partial charge in [0.15, 0.2) is 11.0 Å². The lowest BCUT2D eigenvalue weighted by molar-refractivity contribution is -0.113. The van der Waals surface area contributed by atoms with E-state index in [1.807, 2.05) is 67.9 Å². The Labute approximate surface area is 161 Å². The van der Waals surface area contributed by atoms with Crippen LogP contribution in [0.5, 0.6) is 0 Å². The van der Waals surface area contributed by atoms with Gasteiger partial charge in [0.05, 0.1) is 10.8 Å². The summed E-state index contributed by atoms with van der Waals surface area (Å²) in [6, 6.07) is 13.5. The average Bonchev–Trinajstić information content (AvgIpc) is 2.97. The summed E-state index contributed by atoms with van der Waals surface area (Å²) in [5.74, 6) is 0.848. The van der Waals surface area contributed by atoms with Crippen LogP contribution in [0.4, 0.5) is 5.69 Å². The van der Waals surface area contributed by atoms with Crippen LogP contribution in [0.15, 0.2) is 47.6 Å². The zero-order valence-electron chi connectivity index (χ0n) is 14.8. The number of hydrogen-bond acceptors (Lipinski definition) is 4. The molecular formula is C19H19ClN4OS. The van der Waals surface area contributed by atoms with E-state index in [9.17, 15) is 4.79 Å². The standard InChI is InChI=1S/C19H19ClN4OS/c1-12-8-9-13(2)16(10-12)21-17(25)11-26-19-23-22-18(24(19)3)14-6-4-5-7-15(14)20/h4-10H,11H2,1-3H3,(H,21,25). The van der Waals surface area contributed by atoms with E-state index in [0.717, 1.165) is 22.4 Å². The van der Waals surface area contributed by atoms with Gasteiger partial charge < -0.3 is 9.88 Å². The molecule has 1 heterocycles. The number of anilines is 1. The van der Waals surface area contributed by atoms with Crippen LogP contribution in [0.3, 0.4) is 0 Å². The second kappa shape index (κ2) is 7.93. The van der Waals surface area contributed by atoms with E-state index < -0.39 is 0 Å². The van der Waals surface area contributed by atoms with Crippen molar-refractivity contribution >= 4 is 35.0 Å². The van der Waals surface area contributed by atoms with Gasteiger partial charge in [-0.25, -0.2) is 0 Å². The SMILES string of the molecule is Cc1ccc(C)c(NC(=O)CSc2nnc(-c3ccccc3Cl)n2C)c1. The molecule has 0 atom stereocenters. The van der Waals surface area contributed by atoms with Crippen LogP contribution >= 0.6 is 23.4 Å². The van der Waals surface area contributed by atoms with Crippen LogP contribution in [0.1, 0.15) is 11.1 Å². The summed E-state index contributed by atoms with van der Waals surface area (Å²) < 4.78 is 1.84. The lowest BCUT2D eigenvalue weighted by Gasteiger charge is -2.09. The number of nitrogens with zero attached hydrogens (tertiary/aromatic N) is 3. The van der Waals surface area contributed by atoms with Gasteiger partial charge in [-0.05, 0) is 43.2 Å². The average molecular weight is 387 g/mol. The van der Waals surface area contributed by atoms with E-state index in [2.05, 4.69) is 15.5 Å². The van der Waals surface area contributed by atoms with Gasteiger partial charge in [-0.15, -0.1) is 10.2 Å². The van der Waals surface area contributed by atoms with Crippen LogP contribution in [0, 0.1) is 13.8 Å². The molecule has 1 N–H and O–H groups in total. The lowest BCUT2D eigenvalue weighted by Crippen LogP contribution is -2.15. The second-order valence-electron chi connectivity index (χ2n) is 6.00. The van der Waals surface area contributed by atoms with Crippen LogP contribution < -0.4 is 5.32 Å². The van der Waals surface area contributed by atoms with E-state index in [1.165, 1.54) is 11.8 Å². The van der Waals surface area contributed by atoms with E-state index in [-0.39, 0.29) is 11.7 Å². The quantitative estimate of drug-likeness (QED) is 0.656. The minimum atomic E-state index is -0.0778. The molecule has 134 valence electrons. The molecule has 2 aromatic carbocycles. The molecule has 0 spiro atoms. The predicted octanol–water partition coefficient (Wildman–Crippen LogP) is 4.48. The highest BCUT2D eigenvalue weighted by Crippen LogP contribution is 2.28. The maximum atomic E-state index is 12.3. The Hall–Kier alpha value is -2.31. The maximum Gasteiger partial charge on any atom is 0.234 e. The molecule has 0 saturated carbocycles. The predicted molar refractivity (Wildman–Crippen MR) is 107 cm³/mol. The number of thioether (sulfide) groups is 1. The summed E-state index contributed by atoms with van der Waals surface area (Å²) in [7, 11) is 1.86. The van der Waals surface area contributed by atoms with Gasteiger partial charge >= 0.3 is 0 Å². The van der Waals surface area contributed by atoms with E-state index >= 15 is 0 Å². The van der Waals surface area contributed by atoms with Crippen LogP contribution in [0.25, 0.3) is 11.4 Å². The van der Waals surface area contributed by atoms with Crippen LogP contribution in [-0.4, -0.2) is 26.4 Å². The normalized spacial score (nSPS) is 10.8. The molecule has 0 radical (unpaired) electrons. The number of nitrogens with one attached hydrogen (secondary N) is 1. The van der Waals surface area contributed by atoms with E-state index in [1.54, 1.807) is 0 Å². The second-order valence-corrected chi connectivity index (χ2v) is 7.35. The number of rotatable bonds is 5. The van der Waals surface area contributed by atoms with Crippen molar-refractivity contribution in [3.05, 3.63) is 58.6 Å². The van der Waals surface area contributed by atoms with Crippen LogP contribution in [-0.2, 0) is 11.8 Å². The molecule has 0 aliphatic rings. The zero-order chi connectivity index (χ0) is 18.7. The fraction of sp³-hybridized carbons (Fsp3) is 0.211. The first-order valence-electron chi connectivity index (χ1n) is 8.10. The van der Waals surface area contributed by atoms with Crippen molar-refractivity contribution in [2.45, 2.75) is 19.0 Å². The number of aromatic nitrogens is 3. The smallest absolute Gasteiger partial charge is 0.234 e. The van der Waals surface area contributed by atoms with Gasteiger partial charge in [-0.3, -0.25) is 4.79 Å². The van der Waals surface area contributed by atoms with Gasteiger partial charge in [-0.1, -0.05) is 47.6 Å². The summed E-state index contributed by atoms with van der Waals surface area (Å²) in [6.07, 6.45) is 0. The lowest BCUT2D eigenvalue weighted by atomic mass is 10.1. The van der Waals surface area contributed by atoms with Gasteiger partial charge in [0, 0.05) is 18.3 Å². The number of carbonyl (C=O) groups is 1. The Morgan fingerprint density at radius 3 is 2.73 bits per heavy atom. The molecule has 0 aliphatic heterocycles. The highest BCUT2D eigenvalue weighted by molar-refractivity contribution is 7.99. The van der Waals surface area contributed by atoms with Gasteiger partial charge in [0.25, 0.3) is 0 Å².